The Balaban J connectivity index is 3.05. The minimum atomic E-state index is 0.778. The molecule has 2 nitrogen and oxygen atoms in total. The summed E-state index contributed by atoms with van der Waals surface area (Å²) in [6.45, 7) is 0. The van der Waals surface area contributed by atoms with E-state index in [0.29, 0.717) is 0 Å². The molecule has 0 spiro atoms. The van der Waals surface area contributed by atoms with Crippen molar-refractivity contribution >= 4 is 4.04 Å². The number of aromatic nitrogens is 2. The van der Waals surface area contributed by atoms with Crippen molar-refractivity contribution in [1.29, 1.82) is 0 Å². The molecular formula is C3H3AgN2. The minimum absolute atomic E-state index is 0.778. The summed E-state index contributed by atoms with van der Waals surface area (Å²) in [5.74, 6) is 0. The van der Waals surface area contributed by atoms with Gasteiger partial charge in [-0.15, -0.1) is 0 Å². The quantitative estimate of drug-likeness (QED) is 0.533. The number of nitrogens with one attached hydrogen (secondary N) is 1. The summed E-state index contributed by atoms with van der Waals surface area (Å²) in [7, 11) is 0. The number of rotatable bonds is 0. The SMILES string of the molecule is [Ag][c]1ncc[nH]1. The number of hydrogen-bond donors (Lipinski definition) is 1. The van der Waals surface area contributed by atoms with Crippen molar-refractivity contribution < 1.29 is 21.1 Å². The van der Waals surface area contributed by atoms with Crippen LogP contribution in [0.15, 0.2) is 12.4 Å². The van der Waals surface area contributed by atoms with Crippen molar-refractivity contribution in [3.63, 3.8) is 0 Å². The molecule has 1 aromatic rings. The number of H-pyrrole nitrogens is 1. The topological polar surface area (TPSA) is 28.7 Å². The molecule has 0 unspecified atom stereocenters. The monoisotopic (exact) mass is 174 g/mol. The maximum atomic E-state index is 3.78. The molecule has 0 bridgehead atoms. The predicted molar refractivity (Wildman–Crippen MR) is 18.2 cm³/mol. The van der Waals surface area contributed by atoms with Crippen LogP contribution in [0.2, 0.25) is 0 Å². The van der Waals surface area contributed by atoms with Crippen molar-refractivity contribution in [2.75, 3.05) is 0 Å². The molecule has 0 aliphatic rings. The number of nitrogens with zero attached hydrogens (tertiary/aromatic N) is 1. The van der Waals surface area contributed by atoms with Gasteiger partial charge in [0.15, 0.2) is 0 Å². The van der Waals surface area contributed by atoms with Crippen LogP contribution in [0.4, 0.5) is 0 Å². The normalized spacial score (nSPS) is 9.00. The zero-order chi connectivity index (χ0) is 4.41. The first-order valence-electron chi connectivity index (χ1n) is 1.50. The molecule has 0 amide bonds. The van der Waals surface area contributed by atoms with Gasteiger partial charge in [0, 0.05) is 0 Å². The van der Waals surface area contributed by atoms with Crippen LogP contribution in [0.3, 0.4) is 0 Å². The van der Waals surface area contributed by atoms with Crippen molar-refractivity contribution in [3.05, 3.63) is 12.4 Å². The van der Waals surface area contributed by atoms with Gasteiger partial charge in [0.05, 0.1) is 0 Å². The van der Waals surface area contributed by atoms with Gasteiger partial charge in [-0.1, -0.05) is 0 Å². The Morgan fingerprint density at radius 2 is 2.67 bits per heavy atom. The van der Waals surface area contributed by atoms with Gasteiger partial charge in [-0.2, -0.15) is 0 Å². The number of aromatic amines is 1. The van der Waals surface area contributed by atoms with Gasteiger partial charge < -0.3 is 0 Å². The van der Waals surface area contributed by atoms with Crippen LogP contribution >= 0.6 is 0 Å². The zero-order valence-electron chi connectivity index (χ0n) is 2.90. The van der Waals surface area contributed by atoms with Gasteiger partial charge in [0.1, 0.15) is 0 Å². The molecule has 0 aliphatic heterocycles. The molecule has 0 atom stereocenters. The molecule has 0 fully saturated rings. The van der Waals surface area contributed by atoms with E-state index in [4.69, 9.17) is 0 Å². The summed E-state index contributed by atoms with van der Waals surface area (Å²) >= 11 is 3.13. The van der Waals surface area contributed by atoms with Crippen LogP contribution in [-0.2, 0) is 21.1 Å². The average molecular weight is 175 g/mol. The van der Waals surface area contributed by atoms with Crippen LogP contribution in [-0.4, -0.2) is 9.97 Å². The van der Waals surface area contributed by atoms with E-state index in [2.05, 4.69) is 31.0 Å². The first kappa shape index (κ1) is 4.12. The second-order valence-electron chi connectivity index (χ2n) is 0.844. The van der Waals surface area contributed by atoms with Crippen LogP contribution in [0.5, 0.6) is 0 Å². The Morgan fingerprint density at radius 1 is 1.83 bits per heavy atom. The summed E-state index contributed by atoms with van der Waals surface area (Å²) in [5, 5.41) is 0. The molecule has 1 rings (SSSR count). The van der Waals surface area contributed by atoms with E-state index in [9.17, 15) is 0 Å². The average Bonchev–Trinajstić information content (AvgIpc) is 1.86. The number of imidazole rings is 1. The summed E-state index contributed by atoms with van der Waals surface area (Å²) < 4.78 is 0.778. The van der Waals surface area contributed by atoms with E-state index >= 15 is 0 Å². The zero-order valence-corrected chi connectivity index (χ0v) is 4.39. The predicted octanol–water partition coefficient (Wildman–Crippen LogP) is -0.418. The molecule has 0 saturated heterocycles. The molecule has 0 aliphatic carbocycles. The van der Waals surface area contributed by atoms with Crippen LogP contribution in [0.25, 0.3) is 0 Å². The number of hydrogen-bond acceptors (Lipinski definition) is 1. The Kier molecular flexibility index (Phi) is 1.10. The molecule has 36 valence electrons. The van der Waals surface area contributed by atoms with Gasteiger partial charge >= 0.3 is 47.5 Å². The third-order valence-corrected chi connectivity index (χ3v) is 0.849. The molecule has 6 heavy (non-hydrogen) atoms. The molecule has 0 radical (unpaired) electrons. The summed E-state index contributed by atoms with van der Waals surface area (Å²) in [4.78, 5) is 6.58. The summed E-state index contributed by atoms with van der Waals surface area (Å²) in [6.07, 6.45) is 3.44. The van der Waals surface area contributed by atoms with Crippen LogP contribution < -0.4 is 4.04 Å². The molecule has 1 N–H and O–H groups in total. The first-order valence-corrected chi connectivity index (χ1v) is 2.25. The molecule has 1 aromatic heterocycles. The van der Waals surface area contributed by atoms with Gasteiger partial charge in [-0.25, -0.2) is 0 Å². The van der Waals surface area contributed by atoms with Gasteiger partial charge in [-0.05, 0) is 0 Å². The second-order valence-corrected chi connectivity index (χ2v) is 1.55. The first-order chi connectivity index (χ1) is 2.89. The van der Waals surface area contributed by atoms with Crippen LogP contribution in [0, 0.1) is 0 Å². The standard InChI is InChI=1S/C3H3N2.Ag/c1-2-5-3-4-1;/h1-2H,(H,4,5);. The Bertz CT molecular complexity index is 112. The fourth-order valence-electron chi connectivity index (χ4n) is 0.234. The second kappa shape index (κ2) is 1.60. The summed E-state index contributed by atoms with van der Waals surface area (Å²) in [6, 6.07) is 0. The fraction of sp³-hybridized carbons (Fsp3) is 0. The van der Waals surface area contributed by atoms with E-state index < -0.39 is 0 Å². The maximum absolute atomic E-state index is 3.78. The third-order valence-electron chi connectivity index (χ3n) is 0.444. The Labute approximate surface area is 47.9 Å². The van der Waals surface area contributed by atoms with Gasteiger partial charge in [0.2, 0.25) is 0 Å². The van der Waals surface area contributed by atoms with Crippen molar-refractivity contribution in [1.82, 2.24) is 9.97 Å². The van der Waals surface area contributed by atoms with E-state index in [0.717, 1.165) is 4.04 Å². The molecule has 0 saturated carbocycles. The molecule has 3 heteroatoms. The Morgan fingerprint density at radius 3 is 2.83 bits per heavy atom. The van der Waals surface area contributed by atoms with Crippen molar-refractivity contribution in [2.24, 2.45) is 0 Å². The van der Waals surface area contributed by atoms with Crippen molar-refractivity contribution in [2.45, 2.75) is 0 Å². The van der Waals surface area contributed by atoms with Gasteiger partial charge in [0.25, 0.3) is 0 Å². The third kappa shape index (κ3) is 0.712. The van der Waals surface area contributed by atoms with E-state index in [1.807, 2.05) is 0 Å². The molecule has 0 aromatic carbocycles. The van der Waals surface area contributed by atoms with E-state index in [1.54, 1.807) is 12.4 Å². The fourth-order valence-corrected chi connectivity index (χ4v) is 0.468. The molecule has 1 heterocycles. The Hall–Kier alpha value is -0.0497. The van der Waals surface area contributed by atoms with Crippen molar-refractivity contribution in [3.8, 4) is 0 Å². The summed E-state index contributed by atoms with van der Waals surface area (Å²) in [5.41, 5.74) is 0. The van der Waals surface area contributed by atoms with E-state index in [-0.39, 0.29) is 0 Å². The van der Waals surface area contributed by atoms with Gasteiger partial charge in [-0.3, -0.25) is 0 Å². The van der Waals surface area contributed by atoms with E-state index in [1.165, 1.54) is 0 Å². The molecular weight excluding hydrogens is 172 g/mol. The van der Waals surface area contributed by atoms with Crippen LogP contribution in [0.1, 0.15) is 0 Å².